The first kappa shape index (κ1) is 44.9. The quantitative estimate of drug-likeness (QED) is 0.180. The fraction of sp³-hybridized carbons (Fsp3) is 0.765. The molecule has 0 aromatic rings. The van der Waals surface area contributed by atoms with Crippen molar-refractivity contribution in [2.24, 2.45) is 23.7 Å². The molecule has 50 heavy (non-hydrogen) atoms. The number of nitrogens with one attached hydrogen (secondary N) is 2. The number of carbonyl (C=O) groups is 8. The lowest BCUT2D eigenvalue weighted by Crippen LogP contribution is -2.52. The number of aliphatic carboxylic acids is 2. The highest BCUT2D eigenvalue weighted by atomic mass is 32.2. The van der Waals surface area contributed by atoms with E-state index in [9.17, 15) is 48.6 Å². The lowest BCUT2D eigenvalue weighted by molar-refractivity contribution is -0.145. The van der Waals surface area contributed by atoms with E-state index in [-0.39, 0.29) is 45.7 Å². The Morgan fingerprint density at radius 3 is 1.20 bits per heavy atom. The van der Waals surface area contributed by atoms with Gasteiger partial charge in [-0.25, -0.2) is 9.59 Å². The van der Waals surface area contributed by atoms with Gasteiger partial charge < -0.3 is 30.6 Å². The molecule has 0 radical (unpaired) electrons. The van der Waals surface area contributed by atoms with Gasteiger partial charge in [0, 0.05) is 50.3 Å². The van der Waals surface area contributed by atoms with E-state index >= 15 is 0 Å². The molecule has 284 valence electrons. The molecule has 2 unspecified atom stereocenters. The summed E-state index contributed by atoms with van der Waals surface area (Å²) in [6.45, 7) is 14.9. The molecule has 2 rings (SSSR count). The van der Waals surface area contributed by atoms with E-state index < -0.39 is 47.9 Å². The summed E-state index contributed by atoms with van der Waals surface area (Å²) in [5.41, 5.74) is 0. The summed E-state index contributed by atoms with van der Waals surface area (Å²) >= 11 is 2.19. The molecule has 0 aromatic carbocycles. The number of hydrogen-bond acceptors (Lipinski definition) is 10. The molecule has 14 nitrogen and oxygen atoms in total. The second-order valence-electron chi connectivity index (χ2n) is 13.8. The van der Waals surface area contributed by atoms with Crippen LogP contribution in [0.4, 0.5) is 0 Å². The maximum absolute atomic E-state index is 12.6. The van der Waals surface area contributed by atoms with Crippen LogP contribution in [-0.4, -0.2) is 115 Å². The average Bonchev–Trinajstić information content (AvgIpc) is 3.71. The first-order valence-electron chi connectivity index (χ1n) is 17.2. The largest absolute Gasteiger partial charge is 0.480 e. The third kappa shape index (κ3) is 15.4. The van der Waals surface area contributed by atoms with Crippen molar-refractivity contribution in [3.8, 4) is 0 Å². The van der Waals surface area contributed by atoms with Gasteiger partial charge in [0.15, 0.2) is 10.2 Å². The Morgan fingerprint density at radius 2 is 0.940 bits per heavy atom. The van der Waals surface area contributed by atoms with Gasteiger partial charge in [0.25, 0.3) is 0 Å². The van der Waals surface area contributed by atoms with Crippen molar-refractivity contribution in [1.29, 1.82) is 0 Å². The van der Waals surface area contributed by atoms with Crippen LogP contribution in [0.1, 0.15) is 93.9 Å². The minimum atomic E-state index is -1.07. The summed E-state index contributed by atoms with van der Waals surface area (Å²) in [4.78, 5) is 98.0. The Hall–Kier alpha value is -3.14. The van der Waals surface area contributed by atoms with Crippen molar-refractivity contribution in [3.05, 3.63) is 0 Å². The predicted molar refractivity (Wildman–Crippen MR) is 192 cm³/mol. The molecule has 0 aliphatic carbocycles. The van der Waals surface area contributed by atoms with Gasteiger partial charge in [0.2, 0.25) is 23.6 Å². The van der Waals surface area contributed by atoms with Gasteiger partial charge in [-0.2, -0.15) is 0 Å². The van der Waals surface area contributed by atoms with Crippen LogP contribution in [0, 0.1) is 23.7 Å². The molecule has 6 atom stereocenters. The van der Waals surface area contributed by atoms with Crippen LogP contribution in [0.2, 0.25) is 0 Å². The maximum Gasteiger partial charge on any atom is 0.326 e. The Balaban J connectivity index is 0.000000500. The molecule has 2 aliphatic heterocycles. The third-order valence-corrected chi connectivity index (χ3v) is 10.4. The molecule has 0 saturated carbocycles. The molecular weight excluding hydrogens is 689 g/mol. The third-order valence-electron chi connectivity index (χ3n) is 8.24. The number of likely N-dealkylation sites (tertiary alicyclic amines) is 2. The van der Waals surface area contributed by atoms with Crippen LogP contribution >= 0.6 is 23.5 Å². The lowest BCUT2D eigenvalue weighted by Gasteiger charge is -2.28. The van der Waals surface area contributed by atoms with E-state index in [1.807, 2.05) is 27.7 Å². The zero-order valence-corrected chi connectivity index (χ0v) is 32.2. The normalized spacial score (nSPS) is 19.6. The second-order valence-corrected chi connectivity index (χ2v) is 16.2. The molecule has 4 N–H and O–H groups in total. The van der Waals surface area contributed by atoms with Gasteiger partial charge in [-0.05, 0) is 50.4 Å². The van der Waals surface area contributed by atoms with Gasteiger partial charge in [0.1, 0.15) is 24.2 Å². The molecule has 4 amide bonds. The Kier molecular flexibility index (Phi) is 19.7. The van der Waals surface area contributed by atoms with Crippen molar-refractivity contribution in [2.45, 2.75) is 118 Å². The van der Waals surface area contributed by atoms with Crippen LogP contribution in [0.5, 0.6) is 0 Å². The van der Waals surface area contributed by atoms with E-state index in [0.29, 0.717) is 63.1 Å². The highest BCUT2D eigenvalue weighted by molar-refractivity contribution is 8.13. The van der Waals surface area contributed by atoms with Gasteiger partial charge >= 0.3 is 11.9 Å². The Bertz CT molecular complexity index is 1140. The maximum atomic E-state index is 12.6. The Labute approximate surface area is 304 Å². The Morgan fingerprint density at radius 1 is 0.620 bits per heavy atom. The van der Waals surface area contributed by atoms with Crippen molar-refractivity contribution < 1.29 is 48.6 Å². The first-order valence-corrected chi connectivity index (χ1v) is 19.2. The standard InChI is InChI=1S/2C17H28N2O5S/c2*1-10(2)8-13(17(23)24)18-15(21)14-6-5-7-19(14)16(22)11(3)9-25-12(4)20/h2*10-11,13-14H,5-9H2,1-4H3,(H,18,21)(H,23,24)/t2*11?,13-,14-/m00/s1. The van der Waals surface area contributed by atoms with Crippen molar-refractivity contribution in [1.82, 2.24) is 20.4 Å². The van der Waals surface area contributed by atoms with E-state index in [0.717, 1.165) is 23.5 Å². The summed E-state index contributed by atoms with van der Waals surface area (Å²) < 4.78 is 0. The summed E-state index contributed by atoms with van der Waals surface area (Å²) in [5.74, 6) is -3.00. The van der Waals surface area contributed by atoms with Crippen molar-refractivity contribution in [2.75, 3.05) is 24.6 Å². The highest BCUT2D eigenvalue weighted by Gasteiger charge is 2.39. The SMILES string of the molecule is CC(=O)SCC(C)C(=O)N1CCC[C@H]1C(=O)N[C@@H](CC(C)C)C(=O)O.CC(=O)SCC(C)C(=O)N1CCC[C@H]1C(=O)N[C@@H](CC(C)C)C(=O)O. The van der Waals surface area contributed by atoms with Crippen LogP contribution in [-0.2, 0) is 38.4 Å². The van der Waals surface area contributed by atoms with Crippen LogP contribution in [0.15, 0.2) is 0 Å². The predicted octanol–water partition coefficient (Wildman–Crippen LogP) is 3.02. The molecule has 16 heteroatoms. The highest BCUT2D eigenvalue weighted by Crippen LogP contribution is 2.24. The molecule has 0 spiro atoms. The second kappa shape index (κ2) is 21.9. The van der Waals surface area contributed by atoms with Gasteiger partial charge in [-0.15, -0.1) is 0 Å². The number of thioether (sulfide) groups is 2. The minimum Gasteiger partial charge on any atom is -0.480 e. The summed E-state index contributed by atoms with van der Waals surface area (Å²) in [6.07, 6.45) is 3.15. The van der Waals surface area contributed by atoms with E-state index in [2.05, 4.69) is 10.6 Å². The number of rotatable bonds is 16. The van der Waals surface area contributed by atoms with Crippen molar-refractivity contribution >= 4 is 69.3 Å². The number of hydrogen-bond donors (Lipinski definition) is 4. The molecule has 0 bridgehead atoms. The zero-order valence-electron chi connectivity index (χ0n) is 30.6. The number of nitrogens with zero attached hydrogens (tertiary/aromatic N) is 2. The van der Waals surface area contributed by atoms with Crippen LogP contribution < -0.4 is 10.6 Å². The molecular formula is C34H56N4O10S2. The topological polar surface area (TPSA) is 208 Å². The lowest BCUT2D eigenvalue weighted by atomic mass is 10.0. The number of carboxylic acids is 2. The summed E-state index contributed by atoms with van der Waals surface area (Å²) in [6, 6.07) is -3.16. The first-order chi connectivity index (χ1) is 23.3. The van der Waals surface area contributed by atoms with Gasteiger partial charge in [0.05, 0.1) is 0 Å². The fourth-order valence-electron chi connectivity index (χ4n) is 5.72. The van der Waals surface area contributed by atoms with E-state index in [1.54, 1.807) is 13.8 Å². The number of amides is 4. The monoisotopic (exact) mass is 744 g/mol. The molecule has 2 aliphatic rings. The number of carbonyl (C=O) groups excluding carboxylic acids is 6. The molecule has 0 aromatic heterocycles. The van der Waals surface area contributed by atoms with Gasteiger partial charge in [-0.3, -0.25) is 28.8 Å². The smallest absolute Gasteiger partial charge is 0.326 e. The van der Waals surface area contributed by atoms with Crippen molar-refractivity contribution in [3.63, 3.8) is 0 Å². The van der Waals surface area contributed by atoms with E-state index in [4.69, 9.17) is 0 Å². The molecule has 2 saturated heterocycles. The molecule has 2 heterocycles. The van der Waals surface area contributed by atoms with Gasteiger partial charge in [-0.1, -0.05) is 65.1 Å². The number of carboxylic acid groups (broad SMARTS) is 2. The average molecular weight is 745 g/mol. The van der Waals surface area contributed by atoms with Crippen LogP contribution in [0.3, 0.4) is 0 Å². The molecule has 2 fully saturated rings. The zero-order chi connectivity index (χ0) is 38.3. The summed E-state index contributed by atoms with van der Waals surface area (Å²) in [7, 11) is 0. The minimum absolute atomic E-state index is 0.0478. The van der Waals surface area contributed by atoms with Crippen LogP contribution in [0.25, 0.3) is 0 Å². The van der Waals surface area contributed by atoms with E-state index in [1.165, 1.54) is 23.6 Å². The fourth-order valence-corrected chi connectivity index (χ4v) is 6.98. The summed E-state index contributed by atoms with van der Waals surface area (Å²) in [5, 5.41) is 23.6.